The van der Waals surface area contributed by atoms with Crippen molar-refractivity contribution < 1.29 is 14.6 Å². The Kier molecular flexibility index (Phi) is 7.43. The number of aryl methyl sites for hydroxylation is 1. The van der Waals surface area contributed by atoms with Gasteiger partial charge in [0, 0.05) is 12.0 Å². The lowest BCUT2D eigenvalue weighted by Crippen LogP contribution is -2.38. The van der Waals surface area contributed by atoms with E-state index in [9.17, 15) is 9.90 Å². The van der Waals surface area contributed by atoms with Gasteiger partial charge in [-0.1, -0.05) is 43.7 Å². The third-order valence-corrected chi connectivity index (χ3v) is 7.36. The van der Waals surface area contributed by atoms with Crippen LogP contribution in [0.4, 0.5) is 0 Å². The molecule has 0 spiro atoms. The molecule has 1 atom stereocenters. The molecule has 1 aliphatic rings. The molecule has 6 nitrogen and oxygen atoms in total. The molecule has 1 unspecified atom stereocenters. The number of aromatic nitrogens is 2. The second kappa shape index (κ2) is 10.3. The average Bonchev–Trinajstić information content (AvgIpc) is 3.32. The molecule has 1 aliphatic carbocycles. The Bertz CT molecular complexity index is 1140. The van der Waals surface area contributed by atoms with Crippen LogP contribution in [-0.4, -0.2) is 33.8 Å². The summed E-state index contributed by atoms with van der Waals surface area (Å²) in [5, 5.41) is 16.6. The molecule has 0 bridgehead atoms. The van der Waals surface area contributed by atoms with Gasteiger partial charge in [-0.2, -0.15) is 5.10 Å². The van der Waals surface area contributed by atoms with Gasteiger partial charge in [0.25, 0.3) is 0 Å². The van der Waals surface area contributed by atoms with E-state index in [1.807, 2.05) is 48.9 Å². The normalized spacial score (nSPS) is 21.2. The van der Waals surface area contributed by atoms with E-state index in [0.717, 1.165) is 35.5 Å². The van der Waals surface area contributed by atoms with Crippen LogP contribution in [-0.2, 0) is 10.4 Å². The predicted molar refractivity (Wildman–Crippen MR) is 139 cm³/mol. The van der Waals surface area contributed by atoms with Gasteiger partial charge >= 0.3 is 0 Å². The number of rotatable bonds is 8. The standard InChI is InChI=1S/C29H37N3O3/c1-19(2)28(30)26(33)17-21-13-15-29(34,16-14-21)27-18-25(22-7-5-20(3)6-8-22)32(31-27)23-9-11-24(35-4)12-10-23/h5-12,18-19,21,28,34H,13-17,30H2,1-4H3. The van der Waals surface area contributed by atoms with Crippen molar-refractivity contribution in [3.8, 4) is 22.7 Å². The molecule has 0 saturated heterocycles. The molecule has 1 fully saturated rings. The van der Waals surface area contributed by atoms with Crippen LogP contribution in [0.2, 0.25) is 0 Å². The van der Waals surface area contributed by atoms with Crippen molar-refractivity contribution in [1.29, 1.82) is 0 Å². The van der Waals surface area contributed by atoms with E-state index in [1.165, 1.54) is 5.56 Å². The number of carbonyl (C=O) groups is 1. The van der Waals surface area contributed by atoms with Gasteiger partial charge in [-0.15, -0.1) is 0 Å². The predicted octanol–water partition coefficient (Wildman–Crippen LogP) is 5.18. The van der Waals surface area contributed by atoms with Crippen molar-refractivity contribution in [1.82, 2.24) is 9.78 Å². The Hall–Kier alpha value is -2.96. The smallest absolute Gasteiger partial charge is 0.150 e. The Morgan fingerprint density at radius 3 is 2.34 bits per heavy atom. The quantitative estimate of drug-likeness (QED) is 0.469. The number of hydrogen-bond acceptors (Lipinski definition) is 5. The van der Waals surface area contributed by atoms with Gasteiger partial charge in [-0.05, 0) is 74.8 Å². The molecule has 0 amide bonds. The lowest BCUT2D eigenvalue weighted by atomic mass is 9.75. The average molecular weight is 476 g/mol. The third kappa shape index (κ3) is 5.49. The lowest BCUT2D eigenvalue weighted by Gasteiger charge is -2.35. The number of ketones is 1. The molecule has 6 heteroatoms. The maximum atomic E-state index is 12.5. The van der Waals surface area contributed by atoms with E-state index in [1.54, 1.807) is 7.11 Å². The van der Waals surface area contributed by atoms with Gasteiger partial charge in [-0.25, -0.2) is 4.68 Å². The number of carbonyl (C=O) groups excluding carboxylic acids is 1. The first-order chi connectivity index (χ1) is 16.7. The van der Waals surface area contributed by atoms with E-state index in [4.69, 9.17) is 15.6 Å². The zero-order valence-electron chi connectivity index (χ0n) is 21.2. The second-order valence-corrected chi connectivity index (χ2v) is 10.3. The van der Waals surface area contributed by atoms with Crippen LogP contribution in [0.15, 0.2) is 54.6 Å². The van der Waals surface area contributed by atoms with Gasteiger partial charge in [0.15, 0.2) is 0 Å². The van der Waals surface area contributed by atoms with Gasteiger partial charge in [-0.3, -0.25) is 4.79 Å². The Morgan fingerprint density at radius 1 is 1.14 bits per heavy atom. The maximum Gasteiger partial charge on any atom is 0.150 e. The number of aliphatic hydroxyl groups is 1. The molecule has 1 heterocycles. The molecule has 3 aromatic rings. The molecular weight excluding hydrogens is 438 g/mol. The summed E-state index contributed by atoms with van der Waals surface area (Å²) in [7, 11) is 1.65. The zero-order valence-corrected chi connectivity index (χ0v) is 21.2. The summed E-state index contributed by atoms with van der Waals surface area (Å²) >= 11 is 0. The molecule has 1 aromatic heterocycles. The molecule has 4 rings (SSSR count). The van der Waals surface area contributed by atoms with E-state index >= 15 is 0 Å². The van der Waals surface area contributed by atoms with E-state index in [0.29, 0.717) is 25.0 Å². The van der Waals surface area contributed by atoms with Crippen LogP contribution in [0.1, 0.15) is 57.2 Å². The van der Waals surface area contributed by atoms with Gasteiger partial charge in [0.05, 0.1) is 30.2 Å². The van der Waals surface area contributed by atoms with Crippen LogP contribution in [0.3, 0.4) is 0 Å². The fourth-order valence-electron chi connectivity index (χ4n) is 4.87. The number of methoxy groups -OCH3 is 1. The molecule has 35 heavy (non-hydrogen) atoms. The number of benzene rings is 2. The number of nitrogens with zero attached hydrogens (tertiary/aromatic N) is 2. The molecule has 1 saturated carbocycles. The molecule has 0 radical (unpaired) electrons. The SMILES string of the molecule is COc1ccc(-n2nc(C3(O)CCC(CC(=O)C(N)C(C)C)CC3)cc2-c2ccc(C)cc2)cc1. The maximum absolute atomic E-state index is 12.5. The van der Waals surface area contributed by atoms with E-state index in [-0.39, 0.29) is 17.6 Å². The van der Waals surface area contributed by atoms with E-state index < -0.39 is 11.6 Å². The van der Waals surface area contributed by atoms with Crippen molar-refractivity contribution in [3.63, 3.8) is 0 Å². The van der Waals surface area contributed by atoms with Crippen LogP contribution in [0, 0.1) is 18.8 Å². The summed E-state index contributed by atoms with van der Waals surface area (Å²) in [6.45, 7) is 6.02. The first-order valence-electron chi connectivity index (χ1n) is 12.5. The number of ether oxygens (including phenoxy) is 1. The topological polar surface area (TPSA) is 90.4 Å². The minimum atomic E-state index is -1.02. The largest absolute Gasteiger partial charge is 0.497 e. The second-order valence-electron chi connectivity index (χ2n) is 10.3. The molecule has 186 valence electrons. The summed E-state index contributed by atoms with van der Waals surface area (Å²) in [4.78, 5) is 12.5. The van der Waals surface area contributed by atoms with E-state index in [2.05, 4.69) is 31.2 Å². The minimum Gasteiger partial charge on any atom is -0.497 e. The van der Waals surface area contributed by atoms with Crippen molar-refractivity contribution in [2.75, 3.05) is 7.11 Å². The minimum absolute atomic E-state index is 0.126. The Labute approximate surface area is 208 Å². The lowest BCUT2D eigenvalue weighted by molar-refractivity contribution is -0.123. The van der Waals surface area contributed by atoms with Crippen molar-refractivity contribution in [2.45, 2.75) is 64.5 Å². The number of nitrogens with two attached hydrogens (primary N) is 1. The fourth-order valence-corrected chi connectivity index (χ4v) is 4.87. The van der Waals surface area contributed by atoms with Crippen molar-refractivity contribution in [3.05, 3.63) is 65.9 Å². The summed E-state index contributed by atoms with van der Waals surface area (Å²) in [6.07, 6.45) is 3.21. The monoisotopic (exact) mass is 475 g/mol. The Balaban J connectivity index is 1.60. The van der Waals surface area contributed by atoms with Crippen LogP contribution >= 0.6 is 0 Å². The summed E-state index contributed by atoms with van der Waals surface area (Å²) in [5.74, 6) is 1.31. The van der Waals surface area contributed by atoms with Crippen molar-refractivity contribution in [2.24, 2.45) is 17.6 Å². The highest BCUT2D eigenvalue weighted by molar-refractivity contribution is 5.84. The van der Waals surface area contributed by atoms with Crippen molar-refractivity contribution >= 4 is 5.78 Å². The first kappa shape index (κ1) is 25.1. The first-order valence-corrected chi connectivity index (χ1v) is 12.5. The highest BCUT2D eigenvalue weighted by Crippen LogP contribution is 2.41. The summed E-state index contributed by atoms with van der Waals surface area (Å²) in [6, 6.07) is 17.7. The van der Waals surface area contributed by atoms with Gasteiger partial charge in [0.2, 0.25) is 0 Å². The summed E-state index contributed by atoms with van der Waals surface area (Å²) < 4.78 is 7.21. The third-order valence-electron chi connectivity index (χ3n) is 7.36. The number of hydrogen-bond donors (Lipinski definition) is 2. The number of Topliss-reactive ketones (excluding diaryl/α,β-unsaturated/α-hetero) is 1. The molecule has 3 N–H and O–H groups in total. The molecule has 0 aliphatic heterocycles. The summed E-state index contributed by atoms with van der Waals surface area (Å²) in [5.41, 5.74) is 9.77. The molecular formula is C29H37N3O3. The zero-order chi connectivity index (χ0) is 25.2. The highest BCUT2D eigenvalue weighted by Gasteiger charge is 2.38. The molecule has 2 aromatic carbocycles. The highest BCUT2D eigenvalue weighted by atomic mass is 16.5. The van der Waals surface area contributed by atoms with Crippen LogP contribution < -0.4 is 10.5 Å². The van der Waals surface area contributed by atoms with Gasteiger partial charge in [0.1, 0.15) is 17.1 Å². The van der Waals surface area contributed by atoms with Gasteiger partial charge < -0.3 is 15.6 Å². The van der Waals surface area contributed by atoms with Crippen LogP contribution in [0.25, 0.3) is 16.9 Å². The fraction of sp³-hybridized carbons (Fsp3) is 0.448. The van der Waals surface area contributed by atoms with Crippen LogP contribution in [0.5, 0.6) is 5.75 Å². The Morgan fingerprint density at radius 2 is 1.77 bits per heavy atom.